The zero-order chi connectivity index (χ0) is 34.9. The minimum Gasteiger partial charge on any atom is -0.321 e. The van der Waals surface area contributed by atoms with E-state index < -0.39 is 17.1 Å². The van der Waals surface area contributed by atoms with Crippen molar-refractivity contribution < 1.29 is 14.4 Å². The summed E-state index contributed by atoms with van der Waals surface area (Å²) in [5.74, 6) is -1.18. The Hall–Kier alpha value is -5.48. The Morgan fingerprint density at radius 3 is 2.26 bits per heavy atom. The average Bonchev–Trinajstić information content (AvgIpc) is 3.59. The van der Waals surface area contributed by atoms with Gasteiger partial charge in [-0.3, -0.25) is 14.4 Å². The molecule has 7 nitrogen and oxygen atoms in total. The molecular formula is C40H31ClN4O3S2. The largest absolute Gasteiger partial charge is 0.321 e. The summed E-state index contributed by atoms with van der Waals surface area (Å²) in [6.45, 7) is 2.03. The highest BCUT2D eigenvalue weighted by molar-refractivity contribution is 8.00. The Morgan fingerprint density at radius 2 is 1.52 bits per heavy atom. The highest BCUT2D eigenvalue weighted by atomic mass is 35.5. The van der Waals surface area contributed by atoms with Gasteiger partial charge in [0, 0.05) is 32.1 Å². The Labute approximate surface area is 303 Å². The Balaban J connectivity index is 1.21. The van der Waals surface area contributed by atoms with Gasteiger partial charge in [0.2, 0.25) is 5.91 Å². The molecule has 50 heavy (non-hydrogen) atoms. The van der Waals surface area contributed by atoms with Gasteiger partial charge in [-0.05, 0) is 66.6 Å². The van der Waals surface area contributed by atoms with Crippen LogP contribution in [0.15, 0.2) is 149 Å². The summed E-state index contributed by atoms with van der Waals surface area (Å²) >= 11 is 8.91. The number of rotatable bonds is 11. The zero-order valence-corrected chi connectivity index (χ0v) is 29.2. The molecule has 0 saturated carbocycles. The zero-order valence-electron chi connectivity index (χ0n) is 26.8. The first-order valence-electron chi connectivity index (χ1n) is 15.6. The number of nitrogens with zero attached hydrogens (tertiary/aromatic N) is 1. The van der Waals surface area contributed by atoms with E-state index >= 15 is 0 Å². The summed E-state index contributed by atoms with van der Waals surface area (Å²) < 4.78 is 0. The van der Waals surface area contributed by atoms with Crippen LogP contribution in [0.5, 0.6) is 0 Å². The van der Waals surface area contributed by atoms with Gasteiger partial charge in [0.15, 0.2) is 5.13 Å². The van der Waals surface area contributed by atoms with E-state index in [4.69, 9.17) is 11.6 Å². The van der Waals surface area contributed by atoms with Crippen LogP contribution < -0.4 is 16.0 Å². The third kappa shape index (κ3) is 9.15. The number of benzene rings is 5. The third-order valence-corrected chi connectivity index (χ3v) is 9.70. The topological polar surface area (TPSA) is 100 Å². The van der Waals surface area contributed by atoms with Crippen LogP contribution in [0.4, 0.5) is 10.8 Å². The standard InChI is InChI=1S/C40H31ClN4O3S2/c1-26-18-20-28(21-19-26)35-25-49-40(44-35)45-39(48)36(29-11-4-2-5-12-29)50-33-17-9-16-32(24-33)42-38(47)34(23-27-10-8-15-31(41)22-27)43-37(46)30-13-6-3-7-14-30/h2-25,36H,1H3,(H,42,47)(H,43,46)(H,44,45,48)/b34-23-. The first-order valence-corrected chi connectivity index (χ1v) is 17.7. The molecule has 5 aromatic carbocycles. The molecule has 1 atom stereocenters. The van der Waals surface area contributed by atoms with Crippen LogP contribution in [0, 0.1) is 6.92 Å². The minimum atomic E-state index is -0.614. The van der Waals surface area contributed by atoms with Crippen molar-refractivity contribution in [3.8, 4) is 11.3 Å². The fourth-order valence-corrected chi connectivity index (χ4v) is 6.95. The molecule has 1 unspecified atom stereocenters. The summed E-state index contributed by atoms with van der Waals surface area (Å²) in [6.07, 6.45) is 1.57. The second kappa shape index (κ2) is 16.3. The normalized spacial score (nSPS) is 11.8. The summed E-state index contributed by atoms with van der Waals surface area (Å²) in [4.78, 5) is 45.9. The van der Waals surface area contributed by atoms with Gasteiger partial charge in [-0.2, -0.15) is 0 Å². The molecule has 0 aliphatic heterocycles. The molecule has 0 aliphatic rings. The predicted octanol–water partition coefficient (Wildman–Crippen LogP) is 9.65. The van der Waals surface area contributed by atoms with E-state index in [1.807, 2.05) is 79.0 Å². The highest BCUT2D eigenvalue weighted by Crippen LogP contribution is 2.38. The molecule has 10 heteroatoms. The quantitative estimate of drug-likeness (QED) is 0.0917. The number of aromatic nitrogens is 1. The van der Waals surface area contributed by atoms with Crippen LogP contribution in [-0.4, -0.2) is 22.7 Å². The number of halogens is 1. The van der Waals surface area contributed by atoms with Crippen molar-refractivity contribution in [2.24, 2.45) is 0 Å². The smallest absolute Gasteiger partial charge is 0.272 e. The van der Waals surface area contributed by atoms with Gasteiger partial charge >= 0.3 is 0 Å². The van der Waals surface area contributed by atoms with Crippen molar-refractivity contribution >= 4 is 69.3 Å². The first-order chi connectivity index (χ1) is 24.3. The number of hydrogen-bond acceptors (Lipinski definition) is 6. The first kappa shape index (κ1) is 34.4. The van der Waals surface area contributed by atoms with E-state index in [2.05, 4.69) is 20.9 Å². The van der Waals surface area contributed by atoms with E-state index in [-0.39, 0.29) is 11.6 Å². The van der Waals surface area contributed by atoms with Gasteiger partial charge in [-0.1, -0.05) is 108 Å². The van der Waals surface area contributed by atoms with E-state index in [1.165, 1.54) is 23.1 Å². The van der Waals surface area contributed by atoms with E-state index in [9.17, 15) is 14.4 Å². The average molecular weight is 715 g/mol. The summed E-state index contributed by atoms with van der Waals surface area (Å²) in [6, 6.07) is 40.4. The fourth-order valence-electron chi connectivity index (χ4n) is 4.95. The molecule has 0 aliphatic carbocycles. The molecule has 6 rings (SSSR count). The number of thiazole rings is 1. The SMILES string of the molecule is Cc1ccc(-c2csc(NC(=O)C(Sc3cccc(NC(=O)/C(=C/c4cccc(Cl)c4)NC(=O)c4ccccc4)c3)c3ccccc3)n2)cc1. The molecule has 1 heterocycles. The Bertz CT molecular complexity index is 2150. The van der Waals surface area contributed by atoms with Gasteiger partial charge in [-0.25, -0.2) is 4.98 Å². The number of amides is 3. The highest BCUT2D eigenvalue weighted by Gasteiger charge is 2.24. The monoisotopic (exact) mass is 714 g/mol. The molecule has 0 radical (unpaired) electrons. The summed E-state index contributed by atoms with van der Waals surface area (Å²) in [7, 11) is 0. The van der Waals surface area contributed by atoms with Gasteiger partial charge in [0.1, 0.15) is 10.9 Å². The molecule has 248 valence electrons. The molecule has 6 aromatic rings. The van der Waals surface area contributed by atoms with Crippen LogP contribution >= 0.6 is 34.7 Å². The van der Waals surface area contributed by atoms with Crippen molar-refractivity contribution in [2.45, 2.75) is 17.1 Å². The maximum Gasteiger partial charge on any atom is 0.272 e. The molecule has 3 amide bonds. The van der Waals surface area contributed by atoms with Gasteiger partial charge in [-0.15, -0.1) is 23.1 Å². The molecule has 0 bridgehead atoms. The number of carbonyl (C=O) groups is 3. The van der Waals surface area contributed by atoms with Crippen LogP contribution in [0.25, 0.3) is 17.3 Å². The summed E-state index contributed by atoms with van der Waals surface area (Å²) in [5, 5.41) is 11.0. The lowest BCUT2D eigenvalue weighted by molar-refractivity contribution is -0.116. The number of anilines is 2. The van der Waals surface area contributed by atoms with Crippen LogP contribution in [0.1, 0.15) is 32.3 Å². The number of carbonyl (C=O) groups excluding carboxylic acids is 3. The van der Waals surface area contributed by atoms with Crippen LogP contribution in [0.3, 0.4) is 0 Å². The number of aryl methyl sites for hydroxylation is 1. The van der Waals surface area contributed by atoms with Crippen molar-refractivity contribution in [3.05, 3.63) is 172 Å². The van der Waals surface area contributed by atoms with Crippen molar-refractivity contribution in [1.82, 2.24) is 10.3 Å². The lowest BCUT2D eigenvalue weighted by Gasteiger charge is -2.17. The Kier molecular flexibility index (Phi) is 11.2. The molecular weight excluding hydrogens is 684 g/mol. The molecule has 0 spiro atoms. The van der Waals surface area contributed by atoms with Gasteiger partial charge in [0.05, 0.1) is 5.69 Å². The second-order valence-electron chi connectivity index (χ2n) is 11.2. The van der Waals surface area contributed by atoms with Crippen molar-refractivity contribution in [3.63, 3.8) is 0 Å². The van der Waals surface area contributed by atoms with Crippen molar-refractivity contribution in [2.75, 3.05) is 10.6 Å². The maximum atomic E-state index is 13.8. The number of nitrogens with one attached hydrogen (secondary N) is 3. The Morgan fingerprint density at radius 1 is 0.800 bits per heavy atom. The van der Waals surface area contributed by atoms with E-state index in [1.54, 1.807) is 72.8 Å². The fraction of sp³-hybridized carbons (Fsp3) is 0.0500. The van der Waals surface area contributed by atoms with Crippen molar-refractivity contribution in [1.29, 1.82) is 0 Å². The maximum absolute atomic E-state index is 13.8. The third-order valence-electron chi connectivity index (χ3n) is 7.46. The minimum absolute atomic E-state index is 0.0363. The summed E-state index contributed by atoms with van der Waals surface area (Å²) in [5.41, 5.74) is 5.32. The predicted molar refractivity (Wildman–Crippen MR) is 204 cm³/mol. The van der Waals surface area contributed by atoms with Crippen LogP contribution in [-0.2, 0) is 9.59 Å². The van der Waals surface area contributed by atoms with Crippen LogP contribution in [0.2, 0.25) is 5.02 Å². The molecule has 1 aromatic heterocycles. The lowest BCUT2D eigenvalue weighted by atomic mass is 10.1. The lowest BCUT2D eigenvalue weighted by Crippen LogP contribution is -2.30. The molecule has 0 saturated heterocycles. The molecule has 3 N–H and O–H groups in total. The number of hydrogen-bond donors (Lipinski definition) is 3. The van der Waals surface area contributed by atoms with Gasteiger partial charge < -0.3 is 16.0 Å². The van der Waals surface area contributed by atoms with E-state index in [0.29, 0.717) is 27.0 Å². The van der Waals surface area contributed by atoms with E-state index in [0.717, 1.165) is 27.3 Å². The second-order valence-corrected chi connectivity index (χ2v) is 13.7. The molecule has 0 fully saturated rings. The van der Waals surface area contributed by atoms with Gasteiger partial charge in [0.25, 0.3) is 11.8 Å². The number of thioether (sulfide) groups is 1.